The van der Waals surface area contributed by atoms with Gasteiger partial charge < -0.3 is 15.2 Å². The summed E-state index contributed by atoms with van der Waals surface area (Å²) in [6.45, 7) is 6.71. The molecule has 2 aromatic carbocycles. The fourth-order valence-corrected chi connectivity index (χ4v) is 4.48. The zero-order valence-corrected chi connectivity index (χ0v) is 23.5. The molecule has 210 valence electrons. The van der Waals surface area contributed by atoms with E-state index in [0.29, 0.717) is 29.0 Å². The summed E-state index contributed by atoms with van der Waals surface area (Å²) < 4.78 is 11.3. The Balaban J connectivity index is 1.94. The predicted octanol–water partition coefficient (Wildman–Crippen LogP) is 8.88. The highest BCUT2D eigenvalue weighted by molar-refractivity contribution is 5.90. The van der Waals surface area contributed by atoms with Crippen LogP contribution < -0.4 is 10.5 Å². The molecule has 38 heavy (non-hydrogen) atoms. The quantitative estimate of drug-likeness (QED) is 0.0644. The topological polar surface area (TPSA) is 105 Å². The Bertz CT molecular complexity index is 991. The summed E-state index contributed by atoms with van der Waals surface area (Å²) in [4.78, 5) is 23.8. The number of ether oxygens (including phenoxy) is 2. The van der Waals surface area contributed by atoms with Gasteiger partial charge in [0.05, 0.1) is 23.2 Å². The molecule has 1 atom stereocenters. The van der Waals surface area contributed by atoms with Gasteiger partial charge >= 0.3 is 11.7 Å². The average molecular weight is 527 g/mol. The Morgan fingerprint density at radius 3 is 2.08 bits per heavy atom. The lowest BCUT2D eigenvalue weighted by Gasteiger charge is -2.16. The summed E-state index contributed by atoms with van der Waals surface area (Å²) in [5, 5.41) is 11.8. The van der Waals surface area contributed by atoms with Crippen LogP contribution in [0.4, 0.5) is 11.4 Å². The number of nitro groups is 1. The van der Waals surface area contributed by atoms with Gasteiger partial charge in [0, 0.05) is 23.4 Å². The fraction of sp³-hybridized carbons (Fsp3) is 0.581. The van der Waals surface area contributed by atoms with E-state index in [1.165, 1.54) is 57.1 Å². The number of anilines is 1. The van der Waals surface area contributed by atoms with E-state index in [2.05, 4.69) is 13.8 Å². The Morgan fingerprint density at radius 1 is 0.895 bits per heavy atom. The lowest BCUT2D eigenvalue weighted by Crippen LogP contribution is -2.13. The fourth-order valence-electron chi connectivity index (χ4n) is 4.48. The summed E-state index contributed by atoms with van der Waals surface area (Å²) in [5.74, 6) is -0.185. The maximum atomic E-state index is 12.4. The Hall–Kier alpha value is -3.09. The van der Waals surface area contributed by atoms with E-state index < -0.39 is 4.92 Å². The number of benzene rings is 2. The third-order valence-corrected chi connectivity index (χ3v) is 6.78. The lowest BCUT2D eigenvalue weighted by molar-refractivity contribution is -0.386. The first-order valence-corrected chi connectivity index (χ1v) is 14.4. The van der Waals surface area contributed by atoms with Crippen molar-refractivity contribution < 1.29 is 19.2 Å². The molecule has 0 saturated heterocycles. The molecule has 2 rings (SSSR count). The number of esters is 1. The standard InChI is InChI=1S/C31H46N2O5/c1-4-6-8-10-11-12-13-15-21-37-31(34)26-19-17-25(18-20-26)27-22-29(33(35)36)30(23-28(27)32)38-24(3)16-14-9-7-5-2/h17-20,22-24H,4-16,21,32H2,1-3H3/t24-/m0/s1. The molecular weight excluding hydrogens is 480 g/mol. The van der Waals surface area contributed by atoms with Crippen LogP contribution in [0.2, 0.25) is 0 Å². The number of nitrogens with zero attached hydrogens (tertiary/aromatic N) is 1. The maximum absolute atomic E-state index is 12.4. The van der Waals surface area contributed by atoms with Crippen molar-refractivity contribution in [3.63, 3.8) is 0 Å². The van der Waals surface area contributed by atoms with Gasteiger partial charge in [-0.05, 0) is 43.9 Å². The number of hydrogen-bond donors (Lipinski definition) is 1. The normalized spacial score (nSPS) is 11.8. The third kappa shape index (κ3) is 10.7. The van der Waals surface area contributed by atoms with E-state index in [9.17, 15) is 14.9 Å². The highest BCUT2D eigenvalue weighted by Crippen LogP contribution is 2.38. The second-order valence-corrected chi connectivity index (χ2v) is 10.1. The maximum Gasteiger partial charge on any atom is 0.338 e. The van der Waals surface area contributed by atoms with Crippen molar-refractivity contribution in [1.29, 1.82) is 0 Å². The number of nitro benzene ring substituents is 1. The van der Waals surface area contributed by atoms with E-state index in [0.717, 1.165) is 38.5 Å². The number of rotatable bonds is 19. The smallest absolute Gasteiger partial charge is 0.338 e. The minimum absolute atomic E-state index is 0.122. The minimum atomic E-state index is -0.445. The molecule has 0 saturated carbocycles. The number of nitrogen functional groups attached to an aromatic ring is 1. The predicted molar refractivity (Wildman–Crippen MR) is 155 cm³/mol. The second kappa shape index (κ2) is 17.4. The molecule has 7 nitrogen and oxygen atoms in total. The summed E-state index contributed by atoms with van der Waals surface area (Å²) in [7, 11) is 0. The zero-order valence-electron chi connectivity index (χ0n) is 23.5. The summed E-state index contributed by atoms with van der Waals surface area (Å²) in [6, 6.07) is 9.78. The molecule has 0 radical (unpaired) electrons. The molecule has 2 N–H and O–H groups in total. The molecule has 0 aliphatic rings. The zero-order chi connectivity index (χ0) is 27.8. The third-order valence-electron chi connectivity index (χ3n) is 6.78. The van der Waals surface area contributed by atoms with Crippen molar-refractivity contribution >= 4 is 17.3 Å². The van der Waals surface area contributed by atoms with Gasteiger partial charge in [-0.3, -0.25) is 10.1 Å². The lowest BCUT2D eigenvalue weighted by atomic mass is 10.0. The van der Waals surface area contributed by atoms with Crippen molar-refractivity contribution in [3.8, 4) is 16.9 Å². The van der Waals surface area contributed by atoms with Crippen LogP contribution in [0.5, 0.6) is 5.75 Å². The molecular formula is C31H46N2O5. The van der Waals surface area contributed by atoms with Crippen LogP contribution in [0, 0.1) is 10.1 Å². The van der Waals surface area contributed by atoms with Crippen LogP contribution in [0.1, 0.15) is 115 Å². The second-order valence-electron chi connectivity index (χ2n) is 10.1. The number of carbonyl (C=O) groups excluding carboxylic acids is 1. The first kappa shape index (κ1) is 31.1. The van der Waals surface area contributed by atoms with Gasteiger partial charge in [-0.25, -0.2) is 4.79 Å². The van der Waals surface area contributed by atoms with Crippen molar-refractivity contribution in [2.24, 2.45) is 0 Å². The molecule has 0 aliphatic carbocycles. The van der Waals surface area contributed by atoms with Crippen LogP contribution in [0.15, 0.2) is 36.4 Å². The van der Waals surface area contributed by atoms with Gasteiger partial charge in [0.25, 0.3) is 0 Å². The van der Waals surface area contributed by atoms with E-state index in [4.69, 9.17) is 15.2 Å². The van der Waals surface area contributed by atoms with Crippen LogP contribution in [0.25, 0.3) is 11.1 Å². The van der Waals surface area contributed by atoms with Crippen LogP contribution in [-0.2, 0) is 4.74 Å². The van der Waals surface area contributed by atoms with Crippen molar-refractivity contribution in [1.82, 2.24) is 0 Å². The first-order valence-electron chi connectivity index (χ1n) is 14.4. The van der Waals surface area contributed by atoms with Crippen LogP contribution >= 0.6 is 0 Å². The van der Waals surface area contributed by atoms with Crippen LogP contribution in [0.3, 0.4) is 0 Å². The van der Waals surface area contributed by atoms with Crippen molar-refractivity contribution in [2.75, 3.05) is 12.3 Å². The monoisotopic (exact) mass is 526 g/mol. The summed E-state index contributed by atoms with van der Waals surface area (Å²) in [5.41, 5.74) is 8.20. The largest absolute Gasteiger partial charge is 0.484 e. The van der Waals surface area contributed by atoms with Gasteiger partial charge in [-0.2, -0.15) is 0 Å². The summed E-state index contributed by atoms with van der Waals surface area (Å²) >= 11 is 0. The first-order chi connectivity index (χ1) is 18.4. The average Bonchev–Trinajstić information content (AvgIpc) is 2.90. The molecule has 0 unspecified atom stereocenters. The van der Waals surface area contributed by atoms with E-state index in [1.54, 1.807) is 24.3 Å². The molecule has 0 spiro atoms. The number of nitrogens with two attached hydrogens (primary N) is 1. The highest BCUT2D eigenvalue weighted by atomic mass is 16.6. The molecule has 0 fully saturated rings. The van der Waals surface area contributed by atoms with Crippen molar-refractivity contribution in [2.45, 2.75) is 110 Å². The Labute approximate surface area is 228 Å². The number of carbonyl (C=O) groups is 1. The molecule has 2 aromatic rings. The van der Waals surface area contributed by atoms with Gasteiger partial charge in [-0.1, -0.05) is 90.2 Å². The van der Waals surface area contributed by atoms with Gasteiger partial charge in [0.1, 0.15) is 0 Å². The minimum Gasteiger partial charge on any atom is -0.484 e. The molecule has 7 heteroatoms. The molecule has 0 heterocycles. The van der Waals surface area contributed by atoms with E-state index >= 15 is 0 Å². The SMILES string of the molecule is CCCCCCCCCCOC(=O)c1ccc(-c2cc([N+](=O)[O-])c(O[C@@H](C)CCCCCC)cc2N)cc1. The highest BCUT2D eigenvalue weighted by Gasteiger charge is 2.21. The van der Waals surface area contributed by atoms with Gasteiger partial charge in [0.15, 0.2) is 5.75 Å². The molecule has 0 aliphatic heterocycles. The Morgan fingerprint density at radius 2 is 1.47 bits per heavy atom. The summed E-state index contributed by atoms with van der Waals surface area (Å²) in [6.07, 6.45) is 14.6. The van der Waals surface area contributed by atoms with E-state index in [1.807, 2.05) is 6.92 Å². The number of hydrogen-bond acceptors (Lipinski definition) is 6. The molecule has 0 aromatic heterocycles. The van der Waals surface area contributed by atoms with Crippen LogP contribution in [-0.4, -0.2) is 23.6 Å². The molecule has 0 bridgehead atoms. The van der Waals surface area contributed by atoms with E-state index in [-0.39, 0.29) is 23.5 Å². The molecule has 0 amide bonds. The van der Waals surface area contributed by atoms with Gasteiger partial charge in [0.2, 0.25) is 0 Å². The van der Waals surface area contributed by atoms with Crippen molar-refractivity contribution in [3.05, 3.63) is 52.1 Å². The Kier molecular flexibility index (Phi) is 14.3. The number of unbranched alkanes of at least 4 members (excludes halogenated alkanes) is 10. The van der Waals surface area contributed by atoms with Gasteiger partial charge in [-0.15, -0.1) is 0 Å².